The number of aromatic nitrogens is 1. The number of esters is 1. The third kappa shape index (κ3) is 2.24. The second-order valence-corrected chi connectivity index (χ2v) is 4.35. The van der Waals surface area contributed by atoms with E-state index in [4.69, 9.17) is 4.74 Å². The van der Waals surface area contributed by atoms with E-state index in [-0.39, 0.29) is 5.97 Å². The molecule has 5 heteroatoms. The predicted octanol–water partition coefficient (Wildman–Crippen LogP) is 2.90. The summed E-state index contributed by atoms with van der Waals surface area (Å²) in [5.74, 6) is -0.328. The highest BCUT2D eigenvalue weighted by Gasteiger charge is 2.16. The Morgan fingerprint density at radius 2 is 2.35 bits per heavy atom. The van der Waals surface area contributed by atoms with Crippen molar-refractivity contribution in [2.45, 2.75) is 13.8 Å². The van der Waals surface area contributed by atoms with Crippen LogP contribution in [-0.2, 0) is 4.74 Å². The molecule has 0 aromatic carbocycles. The van der Waals surface area contributed by atoms with Crippen LogP contribution in [0.4, 0.5) is 5.69 Å². The van der Waals surface area contributed by atoms with Gasteiger partial charge in [-0.2, -0.15) is 0 Å². The lowest BCUT2D eigenvalue weighted by atomic mass is 10.2. The summed E-state index contributed by atoms with van der Waals surface area (Å²) in [5.41, 5.74) is 2.23. The number of fused-ring (bicyclic) bond motifs is 1. The number of carbonyl (C=O) groups excluding carboxylic acids is 1. The van der Waals surface area contributed by atoms with Crippen LogP contribution >= 0.6 is 11.3 Å². The van der Waals surface area contributed by atoms with E-state index in [1.165, 1.54) is 0 Å². The molecule has 0 atom stereocenters. The molecule has 0 aliphatic rings. The van der Waals surface area contributed by atoms with Gasteiger partial charge in [0.05, 0.1) is 22.5 Å². The van der Waals surface area contributed by atoms with Crippen LogP contribution in [0.3, 0.4) is 0 Å². The van der Waals surface area contributed by atoms with E-state index < -0.39 is 0 Å². The molecule has 2 aromatic heterocycles. The van der Waals surface area contributed by atoms with Crippen molar-refractivity contribution in [2.24, 2.45) is 0 Å². The summed E-state index contributed by atoms with van der Waals surface area (Å²) in [5, 5.41) is 5.18. The molecule has 0 aliphatic heterocycles. The zero-order chi connectivity index (χ0) is 12.3. The Morgan fingerprint density at radius 1 is 1.53 bits per heavy atom. The molecule has 2 rings (SSSR count). The monoisotopic (exact) mass is 250 g/mol. The number of hydrogen-bond acceptors (Lipinski definition) is 5. The van der Waals surface area contributed by atoms with Crippen molar-refractivity contribution < 1.29 is 9.53 Å². The van der Waals surface area contributed by atoms with Crippen LogP contribution in [0.25, 0.3) is 10.2 Å². The van der Waals surface area contributed by atoms with Gasteiger partial charge in [0.2, 0.25) is 0 Å². The lowest BCUT2D eigenvalue weighted by Gasteiger charge is -2.10. The molecule has 0 radical (unpaired) electrons. The van der Waals surface area contributed by atoms with Crippen molar-refractivity contribution in [1.82, 2.24) is 4.98 Å². The van der Waals surface area contributed by atoms with Crippen LogP contribution in [0.2, 0.25) is 0 Å². The summed E-state index contributed by atoms with van der Waals surface area (Å²) in [7, 11) is 0. The number of hydrogen-bond donors (Lipinski definition) is 1. The van der Waals surface area contributed by atoms with Gasteiger partial charge in [-0.15, -0.1) is 11.3 Å². The van der Waals surface area contributed by atoms with Crippen LogP contribution in [0.15, 0.2) is 17.6 Å². The van der Waals surface area contributed by atoms with E-state index in [1.807, 2.05) is 18.4 Å². The maximum absolute atomic E-state index is 11.8. The molecule has 0 unspecified atom stereocenters. The van der Waals surface area contributed by atoms with Crippen molar-refractivity contribution in [1.29, 1.82) is 0 Å². The van der Waals surface area contributed by atoms with E-state index >= 15 is 0 Å². The van der Waals surface area contributed by atoms with E-state index in [1.54, 1.807) is 24.5 Å². The van der Waals surface area contributed by atoms with Crippen molar-refractivity contribution >= 4 is 33.2 Å². The van der Waals surface area contributed by atoms with Gasteiger partial charge >= 0.3 is 5.97 Å². The molecule has 17 heavy (non-hydrogen) atoms. The first-order valence-electron chi connectivity index (χ1n) is 5.55. The van der Waals surface area contributed by atoms with E-state index in [9.17, 15) is 4.79 Å². The minimum absolute atomic E-state index is 0.328. The number of nitrogens with zero attached hydrogens (tertiary/aromatic N) is 1. The zero-order valence-electron chi connectivity index (χ0n) is 9.82. The first kappa shape index (κ1) is 11.9. The topological polar surface area (TPSA) is 51.2 Å². The molecular formula is C12H14N2O2S. The molecule has 0 saturated carbocycles. The molecule has 4 nitrogen and oxygen atoms in total. The fourth-order valence-electron chi connectivity index (χ4n) is 1.63. The van der Waals surface area contributed by atoms with Crippen LogP contribution in [0.5, 0.6) is 0 Å². The first-order valence-corrected chi connectivity index (χ1v) is 6.43. The molecule has 1 N–H and O–H groups in total. The summed E-state index contributed by atoms with van der Waals surface area (Å²) in [6.45, 7) is 4.91. The van der Waals surface area contributed by atoms with Gasteiger partial charge in [0.25, 0.3) is 0 Å². The minimum atomic E-state index is -0.328. The van der Waals surface area contributed by atoms with Crippen LogP contribution in [-0.4, -0.2) is 24.1 Å². The first-order chi connectivity index (χ1) is 8.27. The molecule has 0 bridgehead atoms. The third-order valence-electron chi connectivity index (χ3n) is 2.32. The third-order valence-corrected chi connectivity index (χ3v) is 3.24. The SMILES string of the molecule is CCNc1c(C(=O)OCC)cnc2ccsc12. The molecule has 0 spiro atoms. The number of pyridine rings is 1. The Labute approximate surface area is 104 Å². The van der Waals surface area contributed by atoms with Gasteiger partial charge in [-0.05, 0) is 25.3 Å². The molecule has 2 aromatic rings. The van der Waals surface area contributed by atoms with Gasteiger partial charge in [0, 0.05) is 12.7 Å². The maximum atomic E-state index is 11.8. The fraction of sp³-hybridized carbons (Fsp3) is 0.333. The second-order valence-electron chi connectivity index (χ2n) is 3.43. The summed E-state index contributed by atoms with van der Waals surface area (Å²) < 4.78 is 6.02. The largest absolute Gasteiger partial charge is 0.462 e. The highest BCUT2D eigenvalue weighted by Crippen LogP contribution is 2.30. The van der Waals surface area contributed by atoms with Crippen molar-refractivity contribution in [2.75, 3.05) is 18.5 Å². The van der Waals surface area contributed by atoms with Gasteiger partial charge in [-0.3, -0.25) is 4.98 Å². The quantitative estimate of drug-likeness (QED) is 0.848. The van der Waals surface area contributed by atoms with Gasteiger partial charge < -0.3 is 10.1 Å². The maximum Gasteiger partial charge on any atom is 0.341 e. The minimum Gasteiger partial charge on any atom is -0.462 e. The molecule has 0 amide bonds. The number of rotatable bonds is 4. The average molecular weight is 250 g/mol. The van der Waals surface area contributed by atoms with E-state index in [0.717, 1.165) is 22.4 Å². The summed E-state index contributed by atoms with van der Waals surface area (Å²) in [6, 6.07) is 1.94. The Kier molecular flexibility index (Phi) is 3.58. The van der Waals surface area contributed by atoms with Gasteiger partial charge in [-0.25, -0.2) is 4.79 Å². The summed E-state index contributed by atoms with van der Waals surface area (Å²) in [6.07, 6.45) is 1.57. The van der Waals surface area contributed by atoms with E-state index in [2.05, 4.69) is 10.3 Å². The highest BCUT2D eigenvalue weighted by atomic mass is 32.1. The van der Waals surface area contributed by atoms with Crippen molar-refractivity contribution in [3.63, 3.8) is 0 Å². The normalized spacial score (nSPS) is 10.5. The number of ether oxygens (including phenoxy) is 1. The molecule has 90 valence electrons. The Bertz CT molecular complexity index is 536. The molecule has 0 fully saturated rings. The predicted molar refractivity (Wildman–Crippen MR) is 69.7 cm³/mol. The Hall–Kier alpha value is -1.62. The molecule has 0 aliphatic carbocycles. The van der Waals surface area contributed by atoms with Crippen LogP contribution in [0.1, 0.15) is 24.2 Å². The van der Waals surface area contributed by atoms with Crippen LogP contribution < -0.4 is 5.32 Å². The smallest absolute Gasteiger partial charge is 0.341 e. The van der Waals surface area contributed by atoms with Gasteiger partial charge in [-0.1, -0.05) is 0 Å². The molecule has 0 saturated heterocycles. The van der Waals surface area contributed by atoms with Gasteiger partial charge in [0.15, 0.2) is 0 Å². The molecule has 2 heterocycles. The average Bonchev–Trinajstić information content (AvgIpc) is 2.78. The fourth-order valence-corrected chi connectivity index (χ4v) is 2.50. The highest BCUT2D eigenvalue weighted by molar-refractivity contribution is 7.17. The Morgan fingerprint density at radius 3 is 3.06 bits per heavy atom. The zero-order valence-corrected chi connectivity index (χ0v) is 10.6. The van der Waals surface area contributed by atoms with Crippen LogP contribution in [0, 0.1) is 0 Å². The standard InChI is InChI=1S/C12H14N2O2S/c1-3-13-10-8(12(15)16-4-2)7-14-9-5-6-17-11(9)10/h5-7H,3-4H2,1-2H3,(H,13,14). The number of thiophene rings is 1. The second kappa shape index (κ2) is 5.14. The lowest BCUT2D eigenvalue weighted by molar-refractivity contribution is 0.0527. The summed E-state index contributed by atoms with van der Waals surface area (Å²) >= 11 is 1.57. The number of anilines is 1. The van der Waals surface area contributed by atoms with Crippen molar-refractivity contribution in [3.8, 4) is 0 Å². The lowest BCUT2D eigenvalue weighted by Crippen LogP contribution is -2.10. The van der Waals surface area contributed by atoms with E-state index in [0.29, 0.717) is 12.2 Å². The van der Waals surface area contributed by atoms with Gasteiger partial charge in [0.1, 0.15) is 5.56 Å². The van der Waals surface area contributed by atoms with Crippen molar-refractivity contribution in [3.05, 3.63) is 23.2 Å². The summed E-state index contributed by atoms with van der Waals surface area (Å²) in [4.78, 5) is 16.1. The molecular weight excluding hydrogens is 236 g/mol. The Balaban J connectivity index is 2.53. The number of nitrogens with one attached hydrogen (secondary N) is 1. The number of carbonyl (C=O) groups is 1.